The van der Waals surface area contributed by atoms with Gasteiger partial charge in [0.1, 0.15) is 0 Å². The van der Waals surface area contributed by atoms with Crippen LogP contribution in [0.4, 0.5) is 0 Å². The van der Waals surface area contributed by atoms with Crippen LogP contribution >= 0.6 is 0 Å². The standard InChI is InChI=1S/C30H33N3O2/c1-4-6-16-33(17-7-5-2)19(3)26-27-25(31-23-14-10-9-13-21(23)30(27)35)18-22-28(26)32-24-15-11-8-12-20(24)29(22)34/h8-15,18-19H,4-7,16-17H2,1-3H3,(H,31,35)(H,32,34). The molecule has 2 aromatic heterocycles. The molecule has 0 amide bonds. The fourth-order valence-electron chi connectivity index (χ4n) is 5.32. The third-order valence-electron chi connectivity index (χ3n) is 7.27. The second-order valence-electron chi connectivity index (χ2n) is 9.55. The molecule has 3 aromatic carbocycles. The zero-order valence-corrected chi connectivity index (χ0v) is 20.8. The Labute approximate surface area is 204 Å². The van der Waals surface area contributed by atoms with Crippen molar-refractivity contribution in [1.29, 1.82) is 0 Å². The number of benzene rings is 3. The van der Waals surface area contributed by atoms with Crippen LogP contribution in [0.5, 0.6) is 0 Å². The van der Waals surface area contributed by atoms with E-state index >= 15 is 0 Å². The van der Waals surface area contributed by atoms with Crippen molar-refractivity contribution in [2.75, 3.05) is 13.1 Å². The van der Waals surface area contributed by atoms with Gasteiger partial charge in [0.15, 0.2) is 10.9 Å². The number of para-hydroxylation sites is 2. The number of fused-ring (bicyclic) bond motifs is 4. The van der Waals surface area contributed by atoms with Gasteiger partial charge in [-0.2, -0.15) is 0 Å². The molecule has 5 aromatic rings. The summed E-state index contributed by atoms with van der Waals surface area (Å²) in [7, 11) is 0. The molecule has 0 saturated carbocycles. The molecule has 1 atom stereocenters. The van der Waals surface area contributed by atoms with Crippen molar-refractivity contribution in [1.82, 2.24) is 14.9 Å². The van der Waals surface area contributed by atoms with Crippen molar-refractivity contribution in [3.05, 3.63) is 80.6 Å². The SMILES string of the molecule is CCCCN(CCCC)C(C)c1c2[nH]c3ccccc3c(=O)c2cc2[nH]c3ccccc3c(=O)c12. The van der Waals surface area contributed by atoms with Gasteiger partial charge in [-0.25, -0.2) is 0 Å². The van der Waals surface area contributed by atoms with Gasteiger partial charge in [-0.1, -0.05) is 51.0 Å². The number of aromatic nitrogens is 2. The van der Waals surface area contributed by atoms with Crippen LogP contribution in [0.3, 0.4) is 0 Å². The summed E-state index contributed by atoms with van der Waals surface area (Å²) in [6.07, 6.45) is 4.40. The van der Waals surface area contributed by atoms with Crippen LogP contribution in [0.25, 0.3) is 43.6 Å². The van der Waals surface area contributed by atoms with E-state index in [2.05, 4.69) is 35.6 Å². The van der Waals surface area contributed by atoms with Crippen molar-refractivity contribution in [3.8, 4) is 0 Å². The Bertz CT molecular complexity index is 1640. The maximum absolute atomic E-state index is 13.9. The lowest BCUT2D eigenvalue weighted by Gasteiger charge is -2.31. The number of hydrogen-bond acceptors (Lipinski definition) is 3. The first-order valence-corrected chi connectivity index (χ1v) is 12.8. The van der Waals surface area contributed by atoms with E-state index in [-0.39, 0.29) is 16.9 Å². The number of unbranched alkanes of at least 4 members (excludes halogenated alkanes) is 2. The van der Waals surface area contributed by atoms with Crippen molar-refractivity contribution < 1.29 is 0 Å². The van der Waals surface area contributed by atoms with E-state index in [9.17, 15) is 9.59 Å². The fraction of sp³-hybridized carbons (Fsp3) is 0.333. The van der Waals surface area contributed by atoms with Gasteiger partial charge >= 0.3 is 0 Å². The molecule has 0 aliphatic heterocycles. The van der Waals surface area contributed by atoms with E-state index in [1.54, 1.807) is 0 Å². The number of nitrogens with one attached hydrogen (secondary N) is 2. The molecule has 5 heteroatoms. The summed E-state index contributed by atoms with van der Waals surface area (Å²) in [6, 6.07) is 17.1. The number of aromatic amines is 2. The summed E-state index contributed by atoms with van der Waals surface area (Å²) >= 11 is 0. The average Bonchev–Trinajstić information content (AvgIpc) is 2.88. The minimum atomic E-state index is -0.0293. The predicted molar refractivity (Wildman–Crippen MR) is 148 cm³/mol. The number of rotatable bonds is 8. The lowest BCUT2D eigenvalue weighted by molar-refractivity contribution is 0.206. The molecule has 0 spiro atoms. The normalized spacial score (nSPS) is 12.9. The van der Waals surface area contributed by atoms with E-state index in [4.69, 9.17) is 0 Å². The average molecular weight is 468 g/mol. The molecule has 35 heavy (non-hydrogen) atoms. The predicted octanol–water partition coefficient (Wildman–Crippen LogP) is 6.64. The van der Waals surface area contributed by atoms with Gasteiger partial charge in [0.25, 0.3) is 0 Å². The maximum Gasteiger partial charge on any atom is 0.197 e. The molecular formula is C30H33N3O2. The summed E-state index contributed by atoms with van der Waals surface area (Å²) in [4.78, 5) is 37.1. The molecule has 0 saturated heterocycles. The highest BCUT2D eigenvalue weighted by atomic mass is 16.1. The van der Waals surface area contributed by atoms with Gasteiger partial charge in [0.05, 0.1) is 16.4 Å². The Hall–Kier alpha value is -3.44. The van der Waals surface area contributed by atoms with E-state index < -0.39 is 0 Å². The smallest absolute Gasteiger partial charge is 0.197 e. The third-order valence-corrected chi connectivity index (χ3v) is 7.27. The monoisotopic (exact) mass is 467 g/mol. The maximum atomic E-state index is 13.9. The van der Waals surface area contributed by atoms with E-state index in [0.29, 0.717) is 21.5 Å². The zero-order valence-electron chi connectivity index (χ0n) is 20.8. The summed E-state index contributed by atoms with van der Waals surface area (Å²) in [5.74, 6) is 0. The Balaban J connectivity index is 1.91. The Morgan fingerprint density at radius 2 is 1.31 bits per heavy atom. The summed E-state index contributed by atoms with van der Waals surface area (Å²) in [6.45, 7) is 8.51. The van der Waals surface area contributed by atoms with Gasteiger partial charge in [-0.05, 0) is 63.2 Å². The molecule has 5 nitrogen and oxygen atoms in total. The molecule has 1 unspecified atom stereocenters. The topological polar surface area (TPSA) is 69.0 Å². The molecule has 0 fully saturated rings. The second kappa shape index (κ2) is 9.67. The highest BCUT2D eigenvalue weighted by Crippen LogP contribution is 2.33. The lowest BCUT2D eigenvalue weighted by Crippen LogP contribution is -2.30. The molecule has 180 valence electrons. The first kappa shape index (κ1) is 23.3. The van der Waals surface area contributed by atoms with Crippen LogP contribution in [0.2, 0.25) is 0 Å². The molecule has 2 heterocycles. The first-order valence-electron chi connectivity index (χ1n) is 12.8. The zero-order chi connectivity index (χ0) is 24.5. The van der Waals surface area contributed by atoms with Gasteiger partial charge in [-0.3, -0.25) is 14.5 Å². The van der Waals surface area contributed by atoms with E-state index in [1.807, 2.05) is 54.6 Å². The van der Waals surface area contributed by atoms with Crippen LogP contribution in [-0.2, 0) is 0 Å². The molecule has 5 rings (SSSR count). The van der Waals surface area contributed by atoms with Crippen LogP contribution in [-0.4, -0.2) is 28.0 Å². The molecule has 2 N–H and O–H groups in total. The number of pyridine rings is 2. The summed E-state index contributed by atoms with van der Waals surface area (Å²) in [5.41, 5.74) is 3.99. The Kier molecular flexibility index (Phi) is 6.44. The Morgan fingerprint density at radius 3 is 1.94 bits per heavy atom. The first-order chi connectivity index (χ1) is 17.0. The summed E-state index contributed by atoms with van der Waals surface area (Å²) in [5, 5.41) is 2.63. The highest BCUT2D eigenvalue weighted by molar-refractivity contribution is 6.06. The van der Waals surface area contributed by atoms with E-state index in [0.717, 1.165) is 66.4 Å². The van der Waals surface area contributed by atoms with E-state index in [1.165, 1.54) is 0 Å². The number of hydrogen-bond donors (Lipinski definition) is 2. The van der Waals surface area contributed by atoms with Crippen LogP contribution < -0.4 is 10.9 Å². The van der Waals surface area contributed by atoms with Gasteiger partial charge in [0, 0.05) is 38.8 Å². The summed E-state index contributed by atoms with van der Waals surface area (Å²) < 4.78 is 0. The minimum absolute atomic E-state index is 0.00706. The number of H-pyrrole nitrogens is 2. The molecule has 0 aliphatic rings. The molecular weight excluding hydrogens is 434 g/mol. The van der Waals surface area contributed by atoms with Crippen LogP contribution in [0.15, 0.2) is 64.2 Å². The van der Waals surface area contributed by atoms with Crippen LogP contribution in [0, 0.1) is 0 Å². The van der Waals surface area contributed by atoms with Crippen molar-refractivity contribution >= 4 is 43.6 Å². The van der Waals surface area contributed by atoms with Crippen LogP contribution in [0.1, 0.15) is 58.1 Å². The lowest BCUT2D eigenvalue weighted by atomic mass is 9.94. The van der Waals surface area contributed by atoms with Crippen molar-refractivity contribution in [2.45, 2.75) is 52.5 Å². The molecule has 0 aliphatic carbocycles. The molecule has 0 radical (unpaired) electrons. The molecule has 0 bridgehead atoms. The van der Waals surface area contributed by atoms with Gasteiger partial charge in [-0.15, -0.1) is 0 Å². The second-order valence-corrected chi connectivity index (χ2v) is 9.55. The fourth-order valence-corrected chi connectivity index (χ4v) is 5.32. The largest absolute Gasteiger partial charge is 0.354 e. The van der Waals surface area contributed by atoms with Gasteiger partial charge in [0.2, 0.25) is 0 Å². The minimum Gasteiger partial charge on any atom is -0.354 e. The quantitative estimate of drug-likeness (QED) is 0.251. The van der Waals surface area contributed by atoms with Crippen molar-refractivity contribution in [3.63, 3.8) is 0 Å². The van der Waals surface area contributed by atoms with Gasteiger partial charge < -0.3 is 9.97 Å². The third kappa shape index (κ3) is 4.04. The highest BCUT2D eigenvalue weighted by Gasteiger charge is 2.24. The Morgan fingerprint density at radius 1 is 0.743 bits per heavy atom. The van der Waals surface area contributed by atoms with Crippen molar-refractivity contribution in [2.24, 2.45) is 0 Å². The number of nitrogens with zero attached hydrogens (tertiary/aromatic N) is 1.